The van der Waals surface area contributed by atoms with Crippen molar-refractivity contribution in [3.05, 3.63) is 29.8 Å². The number of benzene rings is 1. The van der Waals surface area contributed by atoms with E-state index in [0.29, 0.717) is 10.5 Å². The average Bonchev–Trinajstić information content (AvgIpc) is 2.15. The van der Waals surface area contributed by atoms with E-state index in [1.165, 1.54) is 13.2 Å². The van der Waals surface area contributed by atoms with E-state index in [9.17, 15) is 9.00 Å². The van der Waals surface area contributed by atoms with Gasteiger partial charge < -0.3 is 4.74 Å². The van der Waals surface area contributed by atoms with Crippen LogP contribution in [0.1, 0.15) is 10.4 Å². The normalized spacial score (nSPS) is 14.4. The minimum Gasteiger partial charge on any atom is -0.465 e. The van der Waals surface area contributed by atoms with Crippen LogP contribution in [0.2, 0.25) is 0 Å². The summed E-state index contributed by atoms with van der Waals surface area (Å²) in [6, 6.07) is 6.11. The van der Waals surface area contributed by atoms with Gasteiger partial charge in [0.1, 0.15) is 0 Å². The maximum atomic E-state index is 11.4. The van der Waals surface area contributed by atoms with Gasteiger partial charge in [-0.05, 0) is 24.1 Å². The molecule has 1 atom stereocenters. The lowest BCUT2D eigenvalue weighted by molar-refractivity contribution is 0.0600. The predicted octanol–water partition coefficient (Wildman–Crippen LogP) is 0.422. The van der Waals surface area contributed by atoms with Gasteiger partial charge in [0.2, 0.25) is 0 Å². The fraction of sp³-hybridized carbons (Fsp3) is 0.111. The number of methoxy groups -OCH3 is 1. The van der Waals surface area contributed by atoms with E-state index in [2.05, 4.69) is 10.6 Å². The number of esters is 1. The number of nitrogens with two attached hydrogens (primary N) is 1. The second-order valence-corrected chi connectivity index (χ2v) is 4.67. The molecule has 0 fully saturated rings. The number of hydrogen-bond acceptors (Lipinski definition) is 3. The minimum atomic E-state index is -2.77. The third kappa shape index (κ3) is 2.34. The molecule has 0 heterocycles. The Labute approximate surface area is 82.8 Å². The van der Waals surface area contributed by atoms with E-state index in [0.717, 1.165) is 0 Å². The predicted molar refractivity (Wildman–Crippen MR) is 55.5 cm³/mol. The van der Waals surface area contributed by atoms with Gasteiger partial charge in [-0.3, -0.25) is 5.14 Å². The number of carbonyl (C=O) groups excluding carboxylic acids is 1. The van der Waals surface area contributed by atoms with E-state index in [-0.39, 0.29) is 0 Å². The molecule has 0 aromatic heterocycles. The molecule has 4 nitrogen and oxygen atoms in total. The molecule has 14 heavy (non-hydrogen) atoms. The zero-order valence-electron chi connectivity index (χ0n) is 7.73. The molecule has 0 amide bonds. The fourth-order valence-corrected chi connectivity index (χ4v) is 1.59. The largest absolute Gasteiger partial charge is 0.465 e. The Balaban J connectivity index is 3.21. The van der Waals surface area contributed by atoms with Crippen LogP contribution in [0.3, 0.4) is 0 Å². The molecule has 1 unspecified atom stereocenters. The summed E-state index contributed by atoms with van der Waals surface area (Å²) < 4.78 is 15.9. The average molecular weight is 213 g/mol. The van der Waals surface area contributed by atoms with Crippen molar-refractivity contribution < 1.29 is 13.7 Å². The van der Waals surface area contributed by atoms with Gasteiger partial charge in [0.15, 0.2) is 0 Å². The Morgan fingerprint density at radius 1 is 1.57 bits per heavy atom. The van der Waals surface area contributed by atoms with Crippen LogP contribution in [0.25, 0.3) is 0 Å². The van der Waals surface area contributed by atoms with E-state index in [1.807, 2.05) is 0 Å². The second kappa shape index (κ2) is 3.81. The van der Waals surface area contributed by atoms with Crippen LogP contribution in [0.15, 0.2) is 29.2 Å². The molecule has 0 aliphatic carbocycles. The highest BCUT2D eigenvalue weighted by Gasteiger charge is 2.08. The third-order valence-corrected chi connectivity index (χ3v) is 2.71. The first kappa shape index (κ1) is 10.7. The van der Waals surface area contributed by atoms with E-state index >= 15 is 0 Å². The molecular formula is C9H11NO3S. The first-order valence-electron chi connectivity index (χ1n) is 3.78. The van der Waals surface area contributed by atoms with Crippen molar-refractivity contribution in [3.63, 3.8) is 0 Å². The highest BCUT2D eigenvalue weighted by Crippen LogP contribution is 2.10. The lowest BCUT2D eigenvalue weighted by atomic mass is 10.2. The summed E-state index contributed by atoms with van der Waals surface area (Å²) in [5.74, 6) is 2.83. The highest BCUT2D eigenvalue weighted by atomic mass is 32.2. The van der Waals surface area contributed by atoms with Crippen molar-refractivity contribution in [2.24, 2.45) is 5.14 Å². The Bertz CT molecular complexity index is 451. The van der Waals surface area contributed by atoms with Gasteiger partial charge in [0.05, 0.1) is 22.4 Å². The van der Waals surface area contributed by atoms with E-state index in [1.54, 1.807) is 18.2 Å². The smallest absolute Gasteiger partial charge is 0.337 e. The molecule has 0 saturated carbocycles. The number of rotatable bonds is 2. The first-order valence-corrected chi connectivity index (χ1v) is 5.57. The second-order valence-electron chi connectivity index (χ2n) is 2.75. The van der Waals surface area contributed by atoms with Gasteiger partial charge in [0.25, 0.3) is 0 Å². The molecule has 5 heteroatoms. The van der Waals surface area contributed by atoms with E-state index < -0.39 is 15.7 Å². The maximum absolute atomic E-state index is 11.4. The first-order chi connectivity index (χ1) is 6.45. The van der Waals surface area contributed by atoms with Crippen LogP contribution in [0.5, 0.6) is 0 Å². The molecular weight excluding hydrogens is 202 g/mol. The monoisotopic (exact) mass is 213 g/mol. The molecule has 0 aliphatic heterocycles. The molecule has 0 aliphatic rings. The fourth-order valence-electron chi connectivity index (χ4n) is 0.956. The zero-order valence-corrected chi connectivity index (χ0v) is 8.54. The van der Waals surface area contributed by atoms with Crippen LogP contribution >= 0.6 is 0 Å². The highest BCUT2D eigenvalue weighted by molar-refractivity contribution is 7.98. The van der Waals surface area contributed by atoms with Crippen LogP contribution < -0.4 is 5.14 Å². The Morgan fingerprint density at radius 3 is 2.71 bits per heavy atom. The van der Waals surface area contributed by atoms with Crippen LogP contribution in [-0.2, 0) is 14.4 Å². The molecule has 1 aromatic carbocycles. The Morgan fingerprint density at radius 2 is 2.21 bits per heavy atom. The van der Waals surface area contributed by atoms with Gasteiger partial charge in [-0.15, -0.1) is 0 Å². The summed E-state index contributed by atoms with van der Waals surface area (Å²) in [6.07, 6.45) is 0. The summed E-state index contributed by atoms with van der Waals surface area (Å²) in [5.41, 5.74) is 0.312. The van der Waals surface area contributed by atoms with Crippen molar-refractivity contribution in [1.82, 2.24) is 0 Å². The maximum Gasteiger partial charge on any atom is 0.337 e. The molecule has 0 saturated heterocycles. The lowest BCUT2D eigenvalue weighted by Gasteiger charge is -2.04. The van der Waals surface area contributed by atoms with Gasteiger partial charge in [-0.2, -0.15) is 0 Å². The summed E-state index contributed by atoms with van der Waals surface area (Å²) in [5, 5.41) is 5.33. The number of carbonyl (C=O) groups is 1. The number of hydrogen-bond donors (Lipinski definition) is 1. The summed E-state index contributed by atoms with van der Waals surface area (Å²) in [7, 11) is -1.50. The lowest BCUT2D eigenvalue weighted by Crippen LogP contribution is -2.13. The number of ether oxygens (including phenoxy) is 1. The van der Waals surface area contributed by atoms with Crippen molar-refractivity contribution in [2.75, 3.05) is 7.11 Å². The van der Waals surface area contributed by atoms with Crippen LogP contribution in [0.4, 0.5) is 0 Å². The van der Waals surface area contributed by atoms with Gasteiger partial charge in [0, 0.05) is 4.90 Å². The van der Waals surface area contributed by atoms with Gasteiger partial charge in [-0.1, -0.05) is 6.07 Å². The standard InChI is InChI=1S/C9H11NO3S/c1-13-9(11)7-4-3-5-8(6-7)14(2,10)12/h3-6H,2H2,1H3,(H2,10,12). The van der Waals surface area contributed by atoms with Crippen molar-refractivity contribution in [3.8, 4) is 0 Å². The minimum absolute atomic E-state index is 0.312. The van der Waals surface area contributed by atoms with Crippen molar-refractivity contribution in [1.29, 1.82) is 0 Å². The molecule has 0 radical (unpaired) electrons. The van der Waals surface area contributed by atoms with Crippen molar-refractivity contribution >= 4 is 21.5 Å². The van der Waals surface area contributed by atoms with Gasteiger partial charge >= 0.3 is 5.97 Å². The Hall–Kier alpha value is -1.33. The van der Waals surface area contributed by atoms with Crippen LogP contribution in [0, 0.1) is 0 Å². The molecule has 76 valence electrons. The molecule has 1 aromatic rings. The molecule has 1 rings (SSSR count). The zero-order chi connectivity index (χ0) is 10.8. The molecule has 0 spiro atoms. The summed E-state index contributed by atoms with van der Waals surface area (Å²) in [6.45, 7) is 0. The van der Waals surface area contributed by atoms with E-state index in [4.69, 9.17) is 5.14 Å². The summed E-state index contributed by atoms with van der Waals surface area (Å²) in [4.78, 5) is 11.5. The quantitative estimate of drug-likeness (QED) is 0.572. The topological polar surface area (TPSA) is 69.4 Å². The Kier molecular flexibility index (Phi) is 2.93. The summed E-state index contributed by atoms with van der Waals surface area (Å²) >= 11 is 0. The molecule has 0 bridgehead atoms. The molecule has 2 N–H and O–H groups in total. The SMILES string of the molecule is C=S(N)(=O)c1cccc(C(=O)OC)c1. The third-order valence-electron chi connectivity index (χ3n) is 1.65. The van der Waals surface area contributed by atoms with Gasteiger partial charge in [-0.25, -0.2) is 9.00 Å². The van der Waals surface area contributed by atoms with Crippen molar-refractivity contribution in [2.45, 2.75) is 4.90 Å². The van der Waals surface area contributed by atoms with Crippen LogP contribution in [-0.4, -0.2) is 23.2 Å².